The highest BCUT2D eigenvalue weighted by Gasteiger charge is 2.24. The van der Waals surface area contributed by atoms with E-state index >= 15 is 0 Å². The Hall–Kier alpha value is -0.380. The molecule has 0 amide bonds. The van der Waals surface area contributed by atoms with Crippen molar-refractivity contribution in [1.82, 2.24) is 10.2 Å². The Morgan fingerprint density at radius 3 is 2.94 bits per heavy atom. The molecular weight excluding hydrogens is 216 g/mol. The summed E-state index contributed by atoms with van der Waals surface area (Å²) in [6.07, 6.45) is 1.23. The van der Waals surface area contributed by atoms with Crippen molar-refractivity contribution >= 4 is 11.3 Å². The van der Waals surface area contributed by atoms with Gasteiger partial charge < -0.3 is 5.32 Å². The van der Waals surface area contributed by atoms with Crippen LogP contribution in [0, 0.1) is 6.92 Å². The summed E-state index contributed by atoms with van der Waals surface area (Å²) in [6, 6.07) is 1.33. The maximum atomic E-state index is 3.60. The fraction of sp³-hybridized carbons (Fsp3) is 0.692. The molecule has 1 saturated heterocycles. The van der Waals surface area contributed by atoms with Gasteiger partial charge in [-0.3, -0.25) is 4.90 Å². The fourth-order valence-electron chi connectivity index (χ4n) is 2.26. The van der Waals surface area contributed by atoms with Crippen LogP contribution in [0.5, 0.6) is 0 Å². The smallest absolute Gasteiger partial charge is 0.0248 e. The second kappa shape index (κ2) is 5.30. The number of nitrogens with zero attached hydrogens (tertiary/aromatic N) is 1. The van der Waals surface area contributed by atoms with Gasteiger partial charge in [-0.1, -0.05) is 6.92 Å². The van der Waals surface area contributed by atoms with E-state index in [2.05, 4.69) is 41.7 Å². The quantitative estimate of drug-likeness (QED) is 0.871. The van der Waals surface area contributed by atoms with Gasteiger partial charge in [-0.25, -0.2) is 0 Å². The topological polar surface area (TPSA) is 15.3 Å². The second-order valence-electron chi connectivity index (χ2n) is 4.87. The average Bonchev–Trinajstić information content (AvgIpc) is 2.68. The SMILES string of the molecule is CCC1CN(Cc2cscc2C)C(C)CN1. The number of piperazine rings is 1. The Morgan fingerprint density at radius 2 is 2.31 bits per heavy atom. The molecule has 0 spiro atoms. The van der Waals surface area contributed by atoms with Gasteiger partial charge in [-0.2, -0.15) is 11.3 Å². The maximum Gasteiger partial charge on any atom is 0.0248 e. The van der Waals surface area contributed by atoms with Gasteiger partial charge in [0.1, 0.15) is 0 Å². The molecule has 2 heterocycles. The van der Waals surface area contributed by atoms with Crippen LogP contribution in [-0.4, -0.2) is 30.1 Å². The second-order valence-corrected chi connectivity index (χ2v) is 5.62. The predicted octanol–water partition coefficient (Wildman–Crippen LogP) is 2.63. The summed E-state index contributed by atoms with van der Waals surface area (Å²) in [6.45, 7) is 10.2. The van der Waals surface area contributed by atoms with Crippen molar-refractivity contribution < 1.29 is 0 Å². The first-order chi connectivity index (χ1) is 7.70. The van der Waals surface area contributed by atoms with E-state index in [1.165, 1.54) is 24.1 Å². The Balaban J connectivity index is 1.99. The molecule has 1 fully saturated rings. The first-order valence-corrected chi connectivity index (χ1v) is 7.14. The number of hydrogen-bond donors (Lipinski definition) is 1. The van der Waals surface area contributed by atoms with Gasteiger partial charge in [0.05, 0.1) is 0 Å². The molecule has 1 aromatic heterocycles. The zero-order valence-corrected chi connectivity index (χ0v) is 11.3. The lowest BCUT2D eigenvalue weighted by Crippen LogP contribution is -2.54. The Bertz CT molecular complexity index is 334. The van der Waals surface area contributed by atoms with E-state index in [9.17, 15) is 0 Å². The molecule has 0 aromatic carbocycles. The molecule has 2 unspecified atom stereocenters. The van der Waals surface area contributed by atoms with Crippen molar-refractivity contribution in [1.29, 1.82) is 0 Å². The molecular formula is C13H22N2S. The number of aryl methyl sites for hydroxylation is 1. The summed E-state index contributed by atoms with van der Waals surface area (Å²) in [5.41, 5.74) is 2.96. The Labute approximate surface area is 103 Å². The van der Waals surface area contributed by atoms with E-state index in [0.717, 1.165) is 13.1 Å². The van der Waals surface area contributed by atoms with Crippen LogP contribution in [0.3, 0.4) is 0 Å². The lowest BCUT2D eigenvalue weighted by Gasteiger charge is -2.38. The molecule has 1 aromatic rings. The first kappa shape index (κ1) is 12.1. The molecule has 1 aliphatic heterocycles. The third-order valence-electron chi connectivity index (χ3n) is 3.61. The highest BCUT2D eigenvalue weighted by Crippen LogP contribution is 2.19. The molecule has 0 aliphatic carbocycles. The van der Waals surface area contributed by atoms with Crippen molar-refractivity contribution in [3.8, 4) is 0 Å². The van der Waals surface area contributed by atoms with Gasteiger partial charge in [-0.15, -0.1) is 0 Å². The number of thiophene rings is 1. The molecule has 0 radical (unpaired) electrons. The molecule has 1 aliphatic rings. The van der Waals surface area contributed by atoms with Crippen LogP contribution >= 0.6 is 11.3 Å². The van der Waals surface area contributed by atoms with Gasteiger partial charge in [-0.05, 0) is 42.2 Å². The van der Waals surface area contributed by atoms with Crippen molar-refractivity contribution in [3.05, 3.63) is 21.9 Å². The predicted molar refractivity (Wildman–Crippen MR) is 71.0 cm³/mol. The lowest BCUT2D eigenvalue weighted by molar-refractivity contribution is 0.131. The van der Waals surface area contributed by atoms with E-state index in [4.69, 9.17) is 0 Å². The van der Waals surface area contributed by atoms with Crippen molar-refractivity contribution in [2.24, 2.45) is 0 Å². The van der Waals surface area contributed by atoms with Gasteiger partial charge in [0.2, 0.25) is 0 Å². The summed E-state index contributed by atoms with van der Waals surface area (Å²) in [7, 11) is 0. The van der Waals surface area contributed by atoms with Crippen LogP contribution in [0.2, 0.25) is 0 Å². The van der Waals surface area contributed by atoms with E-state index < -0.39 is 0 Å². The molecule has 2 rings (SSSR count). The molecule has 2 nitrogen and oxygen atoms in total. The normalized spacial score (nSPS) is 27.2. The zero-order chi connectivity index (χ0) is 11.5. The van der Waals surface area contributed by atoms with E-state index in [1.807, 2.05) is 11.3 Å². The highest BCUT2D eigenvalue weighted by molar-refractivity contribution is 7.08. The number of hydrogen-bond acceptors (Lipinski definition) is 3. The van der Waals surface area contributed by atoms with Gasteiger partial charge in [0.25, 0.3) is 0 Å². The molecule has 16 heavy (non-hydrogen) atoms. The summed E-state index contributed by atoms with van der Waals surface area (Å²) in [5.74, 6) is 0. The van der Waals surface area contributed by atoms with Crippen LogP contribution in [0.15, 0.2) is 10.8 Å². The van der Waals surface area contributed by atoms with Crippen LogP contribution in [-0.2, 0) is 6.54 Å². The van der Waals surface area contributed by atoms with Crippen LogP contribution in [0.1, 0.15) is 31.4 Å². The summed E-state index contributed by atoms with van der Waals surface area (Å²) < 4.78 is 0. The first-order valence-electron chi connectivity index (χ1n) is 6.19. The van der Waals surface area contributed by atoms with E-state index in [1.54, 1.807) is 0 Å². The molecule has 1 N–H and O–H groups in total. The van der Waals surface area contributed by atoms with Crippen molar-refractivity contribution in [2.45, 2.75) is 45.8 Å². The van der Waals surface area contributed by atoms with Gasteiger partial charge in [0.15, 0.2) is 0 Å². The third kappa shape index (κ3) is 2.65. The number of nitrogens with one attached hydrogen (secondary N) is 1. The monoisotopic (exact) mass is 238 g/mol. The standard InChI is InChI=1S/C13H22N2S/c1-4-13-7-15(11(3)5-14-13)6-12-9-16-8-10(12)2/h8-9,11,13-14H,4-7H2,1-3H3. The summed E-state index contributed by atoms with van der Waals surface area (Å²) in [5, 5.41) is 8.15. The Kier molecular flexibility index (Phi) is 4.00. The summed E-state index contributed by atoms with van der Waals surface area (Å²) in [4.78, 5) is 2.61. The lowest BCUT2D eigenvalue weighted by atomic mass is 10.1. The minimum absolute atomic E-state index is 0.655. The molecule has 0 bridgehead atoms. The van der Waals surface area contributed by atoms with Gasteiger partial charge >= 0.3 is 0 Å². The van der Waals surface area contributed by atoms with Crippen molar-refractivity contribution in [3.63, 3.8) is 0 Å². The third-order valence-corrected chi connectivity index (χ3v) is 4.52. The summed E-state index contributed by atoms with van der Waals surface area (Å²) >= 11 is 1.82. The van der Waals surface area contributed by atoms with E-state index in [0.29, 0.717) is 12.1 Å². The average molecular weight is 238 g/mol. The molecule has 2 atom stereocenters. The highest BCUT2D eigenvalue weighted by atomic mass is 32.1. The van der Waals surface area contributed by atoms with Crippen LogP contribution < -0.4 is 5.32 Å². The van der Waals surface area contributed by atoms with Crippen LogP contribution in [0.25, 0.3) is 0 Å². The molecule has 0 saturated carbocycles. The largest absolute Gasteiger partial charge is 0.311 e. The van der Waals surface area contributed by atoms with Crippen molar-refractivity contribution in [2.75, 3.05) is 13.1 Å². The minimum atomic E-state index is 0.655. The number of rotatable bonds is 3. The minimum Gasteiger partial charge on any atom is -0.311 e. The van der Waals surface area contributed by atoms with Gasteiger partial charge in [0, 0.05) is 31.7 Å². The zero-order valence-electron chi connectivity index (χ0n) is 10.5. The van der Waals surface area contributed by atoms with Crippen LogP contribution in [0.4, 0.5) is 0 Å². The molecule has 3 heteroatoms. The molecule has 90 valence electrons. The van der Waals surface area contributed by atoms with E-state index in [-0.39, 0.29) is 0 Å². The maximum absolute atomic E-state index is 3.60. The fourth-order valence-corrected chi connectivity index (χ4v) is 3.10. The Morgan fingerprint density at radius 1 is 1.50 bits per heavy atom.